The Kier molecular flexibility index (Phi) is 3.90. The molecule has 2 N–H and O–H groups in total. The summed E-state index contributed by atoms with van der Waals surface area (Å²) in [5, 5.41) is 12.4. The molecule has 2 aromatic carbocycles. The molecule has 2 rings (SSSR count). The zero-order valence-corrected chi connectivity index (χ0v) is 12.3. The van der Waals surface area contributed by atoms with Crippen LogP contribution in [0.4, 0.5) is 11.4 Å². The minimum absolute atomic E-state index is 0.268. The van der Waals surface area contributed by atoms with E-state index in [4.69, 9.17) is 0 Å². The number of carboxylic acids is 1. The van der Waals surface area contributed by atoms with Crippen molar-refractivity contribution in [2.45, 2.75) is 13.8 Å². The van der Waals surface area contributed by atoms with Crippen LogP contribution in [-0.4, -0.2) is 11.1 Å². The summed E-state index contributed by atoms with van der Waals surface area (Å²) in [4.78, 5) is 11.2. The largest absolute Gasteiger partial charge is 0.478 e. The monoisotopic (exact) mass is 319 g/mol. The maximum atomic E-state index is 11.2. The Hall–Kier alpha value is -1.81. The quantitative estimate of drug-likeness (QED) is 0.875. The van der Waals surface area contributed by atoms with E-state index in [0.29, 0.717) is 5.69 Å². The fourth-order valence-electron chi connectivity index (χ4n) is 1.82. The van der Waals surface area contributed by atoms with Crippen LogP contribution >= 0.6 is 15.9 Å². The molecule has 2 aromatic rings. The maximum Gasteiger partial charge on any atom is 0.337 e. The number of aromatic carboxylic acids is 1. The van der Waals surface area contributed by atoms with E-state index in [-0.39, 0.29) is 5.56 Å². The second kappa shape index (κ2) is 5.45. The fraction of sp³-hybridized carbons (Fsp3) is 0.133. The summed E-state index contributed by atoms with van der Waals surface area (Å²) in [6, 6.07) is 11.1. The third-order valence-corrected chi connectivity index (χ3v) is 3.37. The molecule has 0 aliphatic rings. The standard InChI is InChI=1S/C15H14BrNO2/c1-9-3-6-12(15(18)19)14(7-9)17-13-8-11(16)5-4-10(13)2/h3-8,17H,1-2H3,(H,18,19). The molecule has 98 valence electrons. The van der Waals surface area contributed by atoms with Gasteiger partial charge in [0.1, 0.15) is 0 Å². The highest BCUT2D eigenvalue weighted by atomic mass is 79.9. The first-order valence-electron chi connectivity index (χ1n) is 5.84. The van der Waals surface area contributed by atoms with E-state index >= 15 is 0 Å². The Morgan fingerprint density at radius 1 is 1.11 bits per heavy atom. The number of carbonyl (C=O) groups is 1. The minimum Gasteiger partial charge on any atom is -0.478 e. The van der Waals surface area contributed by atoms with Gasteiger partial charge >= 0.3 is 5.97 Å². The van der Waals surface area contributed by atoms with E-state index in [9.17, 15) is 9.90 Å². The first-order chi connectivity index (χ1) is 8.97. The third kappa shape index (κ3) is 3.15. The fourth-order valence-corrected chi connectivity index (χ4v) is 2.18. The van der Waals surface area contributed by atoms with Gasteiger partial charge in [-0.25, -0.2) is 4.79 Å². The van der Waals surface area contributed by atoms with Crippen LogP contribution < -0.4 is 5.32 Å². The SMILES string of the molecule is Cc1ccc(C(=O)O)c(Nc2cc(Br)ccc2C)c1. The van der Waals surface area contributed by atoms with Crippen molar-refractivity contribution in [1.29, 1.82) is 0 Å². The van der Waals surface area contributed by atoms with E-state index in [1.165, 1.54) is 0 Å². The van der Waals surface area contributed by atoms with Crippen LogP contribution in [0.3, 0.4) is 0 Å². The summed E-state index contributed by atoms with van der Waals surface area (Å²) >= 11 is 3.42. The second-order valence-electron chi connectivity index (χ2n) is 4.44. The number of aryl methyl sites for hydroxylation is 2. The summed E-state index contributed by atoms with van der Waals surface area (Å²) in [5.41, 5.74) is 3.84. The van der Waals surface area contributed by atoms with Gasteiger partial charge in [-0.3, -0.25) is 0 Å². The molecule has 0 saturated carbocycles. The number of halogens is 1. The van der Waals surface area contributed by atoms with Crippen LogP contribution in [0.25, 0.3) is 0 Å². The van der Waals surface area contributed by atoms with Gasteiger partial charge in [-0.05, 0) is 49.2 Å². The molecule has 0 aromatic heterocycles. The molecule has 19 heavy (non-hydrogen) atoms. The van der Waals surface area contributed by atoms with E-state index in [2.05, 4.69) is 21.2 Å². The van der Waals surface area contributed by atoms with Crippen molar-refractivity contribution < 1.29 is 9.90 Å². The number of hydrogen-bond donors (Lipinski definition) is 2. The lowest BCUT2D eigenvalue weighted by Crippen LogP contribution is -2.03. The third-order valence-electron chi connectivity index (χ3n) is 2.87. The van der Waals surface area contributed by atoms with Gasteiger partial charge < -0.3 is 10.4 Å². The highest BCUT2D eigenvalue weighted by Gasteiger charge is 2.11. The lowest BCUT2D eigenvalue weighted by atomic mass is 10.1. The van der Waals surface area contributed by atoms with Gasteiger partial charge in [-0.15, -0.1) is 0 Å². The smallest absolute Gasteiger partial charge is 0.337 e. The molecule has 0 spiro atoms. The number of hydrogen-bond acceptors (Lipinski definition) is 2. The second-order valence-corrected chi connectivity index (χ2v) is 5.35. The van der Waals surface area contributed by atoms with Gasteiger partial charge in [0, 0.05) is 10.2 Å². The number of anilines is 2. The molecular formula is C15H14BrNO2. The van der Waals surface area contributed by atoms with Crippen molar-refractivity contribution in [1.82, 2.24) is 0 Å². The van der Waals surface area contributed by atoms with Crippen molar-refractivity contribution in [3.05, 3.63) is 57.6 Å². The number of nitrogens with one attached hydrogen (secondary N) is 1. The number of rotatable bonds is 3. The molecule has 0 saturated heterocycles. The predicted molar refractivity (Wildman–Crippen MR) is 80.3 cm³/mol. The molecule has 0 heterocycles. The number of carboxylic acid groups (broad SMARTS) is 1. The Labute approximate surface area is 120 Å². The first kappa shape index (κ1) is 13.6. The van der Waals surface area contributed by atoms with E-state index < -0.39 is 5.97 Å². The predicted octanol–water partition coefficient (Wildman–Crippen LogP) is 4.51. The molecule has 0 atom stereocenters. The van der Waals surface area contributed by atoms with Crippen molar-refractivity contribution in [2.24, 2.45) is 0 Å². The molecule has 0 radical (unpaired) electrons. The number of benzene rings is 2. The van der Waals surface area contributed by atoms with Crippen LogP contribution in [-0.2, 0) is 0 Å². The van der Waals surface area contributed by atoms with E-state index in [1.54, 1.807) is 12.1 Å². The normalized spacial score (nSPS) is 10.3. The van der Waals surface area contributed by atoms with Crippen molar-refractivity contribution in [3.8, 4) is 0 Å². The average Bonchev–Trinajstić information content (AvgIpc) is 2.33. The van der Waals surface area contributed by atoms with Crippen molar-refractivity contribution in [3.63, 3.8) is 0 Å². The lowest BCUT2D eigenvalue weighted by molar-refractivity contribution is 0.0698. The topological polar surface area (TPSA) is 49.3 Å². The summed E-state index contributed by atoms with van der Waals surface area (Å²) in [6.45, 7) is 3.91. The first-order valence-corrected chi connectivity index (χ1v) is 6.64. The van der Waals surface area contributed by atoms with Gasteiger partial charge in [0.25, 0.3) is 0 Å². The molecule has 0 bridgehead atoms. The Bertz CT molecular complexity index is 638. The van der Waals surface area contributed by atoms with Gasteiger partial charge in [0.2, 0.25) is 0 Å². The molecule has 0 aliphatic heterocycles. The maximum absolute atomic E-state index is 11.2. The summed E-state index contributed by atoms with van der Waals surface area (Å²) in [6.07, 6.45) is 0. The highest BCUT2D eigenvalue weighted by Crippen LogP contribution is 2.27. The molecule has 0 unspecified atom stereocenters. The molecular weight excluding hydrogens is 306 g/mol. The van der Waals surface area contributed by atoms with Crippen LogP contribution in [0.15, 0.2) is 40.9 Å². The van der Waals surface area contributed by atoms with Crippen LogP contribution in [0.5, 0.6) is 0 Å². The van der Waals surface area contributed by atoms with Crippen LogP contribution in [0, 0.1) is 13.8 Å². The van der Waals surface area contributed by atoms with E-state index in [1.807, 2.05) is 38.1 Å². The van der Waals surface area contributed by atoms with Gasteiger partial charge in [0.15, 0.2) is 0 Å². The molecule has 0 aliphatic carbocycles. The van der Waals surface area contributed by atoms with E-state index in [0.717, 1.165) is 21.3 Å². The minimum atomic E-state index is -0.935. The molecule has 3 nitrogen and oxygen atoms in total. The average molecular weight is 320 g/mol. The zero-order chi connectivity index (χ0) is 14.0. The summed E-state index contributed by atoms with van der Waals surface area (Å²) in [7, 11) is 0. The molecule has 0 fully saturated rings. The Balaban J connectivity index is 2.45. The summed E-state index contributed by atoms with van der Waals surface area (Å²) < 4.78 is 0.949. The van der Waals surface area contributed by atoms with Crippen LogP contribution in [0.2, 0.25) is 0 Å². The summed E-state index contributed by atoms with van der Waals surface area (Å²) in [5.74, 6) is -0.935. The Morgan fingerprint density at radius 3 is 2.53 bits per heavy atom. The van der Waals surface area contributed by atoms with Crippen molar-refractivity contribution >= 4 is 33.3 Å². The van der Waals surface area contributed by atoms with Gasteiger partial charge in [-0.2, -0.15) is 0 Å². The molecule has 4 heteroatoms. The highest BCUT2D eigenvalue weighted by molar-refractivity contribution is 9.10. The van der Waals surface area contributed by atoms with Gasteiger partial charge in [-0.1, -0.05) is 28.1 Å². The van der Waals surface area contributed by atoms with Gasteiger partial charge in [0.05, 0.1) is 11.3 Å². The lowest BCUT2D eigenvalue weighted by Gasteiger charge is -2.13. The molecule has 0 amide bonds. The van der Waals surface area contributed by atoms with Crippen molar-refractivity contribution in [2.75, 3.05) is 5.32 Å². The van der Waals surface area contributed by atoms with Crippen LogP contribution in [0.1, 0.15) is 21.5 Å². The Morgan fingerprint density at radius 2 is 1.84 bits per heavy atom. The zero-order valence-electron chi connectivity index (χ0n) is 10.7.